The van der Waals surface area contributed by atoms with Gasteiger partial charge in [0, 0.05) is 19.5 Å². The third-order valence-electron chi connectivity index (χ3n) is 2.52. The van der Waals surface area contributed by atoms with Crippen LogP contribution in [0.2, 0.25) is 0 Å². The Morgan fingerprint density at radius 3 is 2.33 bits per heavy atom. The molecule has 21 heavy (non-hydrogen) atoms. The molecule has 0 bridgehead atoms. The maximum atomic E-state index is 5.06. The first-order chi connectivity index (χ1) is 10.2. The Labute approximate surface area is 122 Å². The highest BCUT2D eigenvalue weighted by atomic mass is 16.5. The summed E-state index contributed by atoms with van der Waals surface area (Å²) < 4.78 is 10.1. The van der Waals surface area contributed by atoms with Gasteiger partial charge in [0.2, 0.25) is 17.8 Å². The van der Waals surface area contributed by atoms with Gasteiger partial charge in [-0.05, 0) is 13.3 Å². The second-order valence-corrected chi connectivity index (χ2v) is 4.31. The monoisotopic (exact) mass is 293 g/mol. The van der Waals surface area contributed by atoms with Crippen molar-refractivity contribution in [3.05, 3.63) is 11.7 Å². The smallest absolute Gasteiger partial charge is 0.322 e. The van der Waals surface area contributed by atoms with Crippen molar-refractivity contribution < 1.29 is 9.26 Å². The molecule has 0 atom stereocenters. The number of anilines is 2. The van der Waals surface area contributed by atoms with E-state index in [1.807, 2.05) is 0 Å². The standard InChI is InChI=1S/C12H19N7O2/c1-4-6-13-10-16-11(18-12(17-10)20-3)14-7-5-9-15-8(2)19-21-9/h4-7H2,1-3H3,(H2,13,14,16,17,18). The molecule has 0 amide bonds. The molecule has 9 heteroatoms. The van der Waals surface area contributed by atoms with Crippen molar-refractivity contribution in [2.24, 2.45) is 0 Å². The normalized spacial score (nSPS) is 10.4. The Morgan fingerprint density at radius 2 is 1.76 bits per heavy atom. The van der Waals surface area contributed by atoms with Crippen molar-refractivity contribution in [2.45, 2.75) is 26.7 Å². The van der Waals surface area contributed by atoms with Crippen molar-refractivity contribution in [1.29, 1.82) is 0 Å². The molecule has 0 aliphatic carbocycles. The van der Waals surface area contributed by atoms with E-state index in [2.05, 4.69) is 42.6 Å². The fraction of sp³-hybridized carbons (Fsp3) is 0.583. The second kappa shape index (κ2) is 7.36. The summed E-state index contributed by atoms with van der Waals surface area (Å²) in [4.78, 5) is 16.6. The largest absolute Gasteiger partial charge is 0.467 e. The lowest BCUT2D eigenvalue weighted by Gasteiger charge is -2.08. The number of hydrogen-bond donors (Lipinski definition) is 2. The van der Waals surface area contributed by atoms with Crippen LogP contribution in [0.1, 0.15) is 25.1 Å². The molecule has 2 N–H and O–H groups in total. The molecule has 0 spiro atoms. The van der Waals surface area contributed by atoms with Crippen LogP contribution in [0, 0.1) is 6.92 Å². The molecule has 2 heterocycles. The summed E-state index contributed by atoms with van der Waals surface area (Å²) in [5, 5.41) is 9.91. The van der Waals surface area contributed by atoms with Crippen LogP contribution in [0.15, 0.2) is 4.52 Å². The molecule has 2 aromatic heterocycles. The number of nitrogens with one attached hydrogen (secondary N) is 2. The first-order valence-corrected chi connectivity index (χ1v) is 6.78. The lowest BCUT2D eigenvalue weighted by atomic mass is 10.4. The average molecular weight is 293 g/mol. The molecule has 2 aromatic rings. The number of hydrogen-bond acceptors (Lipinski definition) is 9. The van der Waals surface area contributed by atoms with E-state index in [4.69, 9.17) is 9.26 Å². The Bertz CT molecular complexity index is 572. The second-order valence-electron chi connectivity index (χ2n) is 4.31. The van der Waals surface area contributed by atoms with E-state index in [1.54, 1.807) is 6.92 Å². The highest BCUT2D eigenvalue weighted by Gasteiger charge is 2.07. The summed E-state index contributed by atoms with van der Waals surface area (Å²) in [5.41, 5.74) is 0. The van der Waals surface area contributed by atoms with Gasteiger partial charge >= 0.3 is 6.01 Å². The van der Waals surface area contributed by atoms with Gasteiger partial charge in [-0.1, -0.05) is 12.1 Å². The first-order valence-electron chi connectivity index (χ1n) is 6.78. The minimum absolute atomic E-state index is 0.264. The molecule has 114 valence electrons. The summed E-state index contributed by atoms with van der Waals surface area (Å²) in [6, 6.07) is 0.264. The van der Waals surface area contributed by atoms with Gasteiger partial charge < -0.3 is 19.9 Å². The Kier molecular flexibility index (Phi) is 5.24. The predicted molar refractivity (Wildman–Crippen MR) is 76.4 cm³/mol. The summed E-state index contributed by atoms with van der Waals surface area (Å²) in [6.07, 6.45) is 1.57. The van der Waals surface area contributed by atoms with Crippen LogP contribution in [0.25, 0.3) is 0 Å². The Morgan fingerprint density at radius 1 is 1.05 bits per heavy atom. The number of rotatable bonds is 8. The zero-order valence-electron chi connectivity index (χ0n) is 12.4. The van der Waals surface area contributed by atoms with E-state index in [0.29, 0.717) is 36.6 Å². The average Bonchev–Trinajstić information content (AvgIpc) is 2.90. The van der Waals surface area contributed by atoms with Crippen LogP contribution in [0.3, 0.4) is 0 Å². The topological polar surface area (TPSA) is 111 Å². The van der Waals surface area contributed by atoms with E-state index in [0.717, 1.165) is 13.0 Å². The van der Waals surface area contributed by atoms with Crippen LogP contribution >= 0.6 is 0 Å². The first kappa shape index (κ1) is 14.9. The highest BCUT2D eigenvalue weighted by Crippen LogP contribution is 2.10. The predicted octanol–water partition coefficient (Wildman–Crippen LogP) is 1.05. The fourth-order valence-corrected chi connectivity index (χ4v) is 1.57. The zero-order valence-corrected chi connectivity index (χ0v) is 12.4. The van der Waals surface area contributed by atoms with Gasteiger partial charge in [0.05, 0.1) is 7.11 Å². The molecule has 0 aliphatic rings. The Hall–Kier alpha value is -2.45. The molecule has 0 aromatic carbocycles. The highest BCUT2D eigenvalue weighted by molar-refractivity contribution is 5.35. The van der Waals surface area contributed by atoms with Crippen molar-refractivity contribution in [1.82, 2.24) is 25.1 Å². The summed E-state index contributed by atoms with van der Waals surface area (Å²) in [5.74, 6) is 2.12. The van der Waals surface area contributed by atoms with Crippen LogP contribution in [0.4, 0.5) is 11.9 Å². The van der Waals surface area contributed by atoms with Gasteiger partial charge in [-0.25, -0.2) is 0 Å². The van der Waals surface area contributed by atoms with Crippen molar-refractivity contribution in [3.63, 3.8) is 0 Å². The van der Waals surface area contributed by atoms with Gasteiger partial charge in [-0.2, -0.15) is 19.9 Å². The van der Waals surface area contributed by atoms with E-state index < -0.39 is 0 Å². The minimum Gasteiger partial charge on any atom is -0.467 e. The van der Waals surface area contributed by atoms with Gasteiger partial charge in [-0.15, -0.1) is 0 Å². The summed E-state index contributed by atoms with van der Waals surface area (Å²) >= 11 is 0. The molecule has 0 saturated carbocycles. The quantitative estimate of drug-likeness (QED) is 0.737. The van der Waals surface area contributed by atoms with Crippen molar-refractivity contribution in [3.8, 4) is 6.01 Å². The number of nitrogens with zero attached hydrogens (tertiary/aromatic N) is 5. The fourth-order valence-electron chi connectivity index (χ4n) is 1.57. The minimum atomic E-state index is 0.264. The van der Waals surface area contributed by atoms with Crippen molar-refractivity contribution >= 4 is 11.9 Å². The SMILES string of the molecule is CCCNc1nc(NCCc2nc(C)no2)nc(OC)n1. The maximum absolute atomic E-state index is 5.06. The number of methoxy groups -OCH3 is 1. The molecule has 0 unspecified atom stereocenters. The van der Waals surface area contributed by atoms with Crippen LogP contribution < -0.4 is 15.4 Å². The molecule has 0 saturated heterocycles. The number of aryl methyl sites for hydroxylation is 1. The molecule has 0 aliphatic heterocycles. The van der Waals surface area contributed by atoms with Crippen LogP contribution in [-0.2, 0) is 6.42 Å². The summed E-state index contributed by atoms with van der Waals surface area (Å²) in [6.45, 7) is 5.20. The zero-order chi connectivity index (χ0) is 15.1. The van der Waals surface area contributed by atoms with Crippen LogP contribution in [-0.4, -0.2) is 45.3 Å². The van der Waals surface area contributed by atoms with E-state index in [-0.39, 0.29) is 6.01 Å². The Balaban J connectivity index is 1.94. The van der Waals surface area contributed by atoms with Gasteiger partial charge in [-0.3, -0.25) is 0 Å². The number of ether oxygens (including phenoxy) is 1. The molecule has 2 rings (SSSR count). The third-order valence-corrected chi connectivity index (χ3v) is 2.52. The van der Waals surface area contributed by atoms with E-state index >= 15 is 0 Å². The van der Waals surface area contributed by atoms with E-state index in [9.17, 15) is 0 Å². The van der Waals surface area contributed by atoms with Gasteiger partial charge in [0.25, 0.3) is 0 Å². The molecule has 0 fully saturated rings. The summed E-state index contributed by atoms with van der Waals surface area (Å²) in [7, 11) is 1.52. The lowest BCUT2D eigenvalue weighted by Crippen LogP contribution is -2.12. The number of aromatic nitrogens is 5. The van der Waals surface area contributed by atoms with Crippen molar-refractivity contribution in [2.75, 3.05) is 30.8 Å². The van der Waals surface area contributed by atoms with Gasteiger partial charge in [0.15, 0.2) is 5.82 Å². The lowest BCUT2D eigenvalue weighted by molar-refractivity contribution is 0.376. The molecule has 0 radical (unpaired) electrons. The molecular formula is C12H19N7O2. The van der Waals surface area contributed by atoms with Gasteiger partial charge in [0.1, 0.15) is 0 Å². The van der Waals surface area contributed by atoms with E-state index in [1.165, 1.54) is 7.11 Å². The molecule has 9 nitrogen and oxygen atoms in total. The van der Waals surface area contributed by atoms with Crippen LogP contribution in [0.5, 0.6) is 6.01 Å². The third kappa shape index (κ3) is 4.55. The molecular weight excluding hydrogens is 274 g/mol. The maximum Gasteiger partial charge on any atom is 0.322 e.